The van der Waals surface area contributed by atoms with Crippen molar-refractivity contribution in [3.8, 4) is 11.3 Å². The fourth-order valence-corrected chi connectivity index (χ4v) is 3.78. The van der Waals surface area contributed by atoms with E-state index in [1.54, 1.807) is 0 Å². The molecule has 1 saturated heterocycles. The van der Waals surface area contributed by atoms with E-state index in [2.05, 4.69) is 39.5 Å². The van der Waals surface area contributed by atoms with Crippen LogP contribution in [0.4, 0.5) is 15.6 Å². The van der Waals surface area contributed by atoms with Gasteiger partial charge in [0.05, 0.1) is 10.7 Å². The van der Waals surface area contributed by atoms with Gasteiger partial charge in [-0.25, -0.2) is 4.79 Å². The van der Waals surface area contributed by atoms with Crippen LogP contribution in [-0.2, 0) is 0 Å². The number of thiophene rings is 1. The summed E-state index contributed by atoms with van der Waals surface area (Å²) in [5, 5.41) is 14.6. The Labute approximate surface area is 162 Å². The number of aryl methyl sites for hydroxylation is 1. The van der Waals surface area contributed by atoms with E-state index in [0.717, 1.165) is 35.2 Å². The molecule has 2 amide bonds. The van der Waals surface area contributed by atoms with Gasteiger partial charge < -0.3 is 9.80 Å². The van der Waals surface area contributed by atoms with Crippen LogP contribution in [0, 0.1) is 6.92 Å². The molecule has 7 heteroatoms. The number of carbonyl (C=O) groups is 1. The molecule has 3 heterocycles. The van der Waals surface area contributed by atoms with Crippen molar-refractivity contribution >= 4 is 28.2 Å². The van der Waals surface area contributed by atoms with Crippen molar-refractivity contribution in [1.82, 2.24) is 15.1 Å². The van der Waals surface area contributed by atoms with E-state index < -0.39 is 0 Å². The number of nitrogens with zero attached hydrogens (tertiary/aromatic N) is 4. The number of nitrogens with one attached hydrogen (secondary N) is 1. The van der Waals surface area contributed by atoms with E-state index in [1.165, 1.54) is 16.9 Å². The summed E-state index contributed by atoms with van der Waals surface area (Å²) in [6.07, 6.45) is 0. The fourth-order valence-electron chi connectivity index (χ4n) is 3.17. The van der Waals surface area contributed by atoms with Gasteiger partial charge in [-0.05, 0) is 42.1 Å². The van der Waals surface area contributed by atoms with Gasteiger partial charge in [-0.2, -0.15) is 0 Å². The molecule has 0 bridgehead atoms. The predicted octanol–water partition coefficient (Wildman–Crippen LogP) is 3.87. The second-order valence-corrected chi connectivity index (χ2v) is 7.42. The summed E-state index contributed by atoms with van der Waals surface area (Å²) >= 11 is 1.53. The minimum absolute atomic E-state index is 0.0434. The summed E-state index contributed by atoms with van der Waals surface area (Å²) in [4.78, 5) is 16.3. The van der Waals surface area contributed by atoms with Crippen LogP contribution in [0.25, 0.3) is 11.3 Å². The largest absolute Gasteiger partial charge is 0.352 e. The van der Waals surface area contributed by atoms with Crippen LogP contribution in [0.3, 0.4) is 0 Å². The Morgan fingerprint density at radius 2 is 1.81 bits per heavy atom. The number of aromatic nitrogens is 2. The van der Waals surface area contributed by atoms with Crippen molar-refractivity contribution in [2.75, 3.05) is 36.4 Å². The van der Waals surface area contributed by atoms with Gasteiger partial charge in [0, 0.05) is 31.7 Å². The zero-order chi connectivity index (χ0) is 18.6. The van der Waals surface area contributed by atoms with Crippen molar-refractivity contribution in [1.29, 1.82) is 0 Å². The standard InChI is InChI=1S/C20H21N5OS/c1-15-5-2-3-6-16(15)17-8-9-18(23-22-17)24-10-12-25(13-11-24)20(26)21-19-7-4-14-27-19/h2-9,14H,10-13H2,1H3,(H,21,26). The van der Waals surface area contributed by atoms with Crippen LogP contribution in [0.5, 0.6) is 0 Å². The van der Waals surface area contributed by atoms with Gasteiger partial charge in [0.1, 0.15) is 0 Å². The molecule has 2 aromatic heterocycles. The number of rotatable bonds is 3. The molecule has 1 aliphatic rings. The lowest BCUT2D eigenvalue weighted by molar-refractivity contribution is 0.208. The summed E-state index contributed by atoms with van der Waals surface area (Å²) in [5.74, 6) is 0.852. The van der Waals surface area contributed by atoms with Crippen molar-refractivity contribution in [3.63, 3.8) is 0 Å². The molecule has 1 N–H and O–H groups in total. The molecule has 3 aromatic rings. The normalized spacial score (nSPS) is 14.3. The maximum absolute atomic E-state index is 12.3. The Morgan fingerprint density at radius 3 is 2.48 bits per heavy atom. The minimum Gasteiger partial charge on any atom is -0.352 e. The van der Waals surface area contributed by atoms with Crippen LogP contribution in [0.15, 0.2) is 53.9 Å². The van der Waals surface area contributed by atoms with Crippen LogP contribution >= 0.6 is 11.3 Å². The summed E-state index contributed by atoms with van der Waals surface area (Å²) in [6.45, 7) is 4.90. The highest BCUT2D eigenvalue weighted by molar-refractivity contribution is 7.14. The number of piperazine rings is 1. The van der Waals surface area contributed by atoms with Crippen molar-refractivity contribution in [2.24, 2.45) is 0 Å². The first-order valence-corrected chi connectivity index (χ1v) is 9.83. The number of anilines is 2. The molecule has 0 spiro atoms. The molecule has 0 radical (unpaired) electrons. The highest BCUT2D eigenvalue weighted by Crippen LogP contribution is 2.22. The average molecular weight is 379 g/mol. The number of urea groups is 1. The third-order valence-corrected chi connectivity index (χ3v) is 5.50. The maximum atomic E-state index is 12.3. The molecular weight excluding hydrogens is 358 g/mol. The van der Waals surface area contributed by atoms with Gasteiger partial charge in [-0.1, -0.05) is 24.3 Å². The van der Waals surface area contributed by atoms with Crippen LogP contribution in [0.1, 0.15) is 5.56 Å². The molecule has 1 aliphatic heterocycles. The molecule has 4 rings (SSSR count). The zero-order valence-corrected chi connectivity index (χ0v) is 15.9. The summed E-state index contributed by atoms with van der Waals surface area (Å²) < 4.78 is 0. The highest BCUT2D eigenvalue weighted by atomic mass is 32.1. The molecule has 138 valence electrons. The molecule has 27 heavy (non-hydrogen) atoms. The van der Waals surface area contributed by atoms with Gasteiger partial charge >= 0.3 is 6.03 Å². The Bertz CT molecular complexity index is 902. The molecule has 0 saturated carbocycles. The fraction of sp³-hybridized carbons (Fsp3) is 0.250. The lowest BCUT2D eigenvalue weighted by Gasteiger charge is -2.35. The van der Waals surface area contributed by atoms with Crippen molar-refractivity contribution < 1.29 is 4.79 Å². The third-order valence-electron chi connectivity index (χ3n) is 4.71. The summed E-state index contributed by atoms with van der Waals surface area (Å²) in [7, 11) is 0. The van der Waals surface area contributed by atoms with Crippen LogP contribution < -0.4 is 10.2 Å². The van der Waals surface area contributed by atoms with Crippen molar-refractivity contribution in [2.45, 2.75) is 6.92 Å². The summed E-state index contributed by atoms with van der Waals surface area (Å²) in [6, 6.07) is 16.0. The minimum atomic E-state index is -0.0434. The number of benzene rings is 1. The number of hydrogen-bond donors (Lipinski definition) is 1. The number of hydrogen-bond acceptors (Lipinski definition) is 5. The predicted molar refractivity (Wildman–Crippen MR) is 109 cm³/mol. The van der Waals surface area contributed by atoms with E-state index in [4.69, 9.17) is 0 Å². The number of amides is 2. The Morgan fingerprint density at radius 1 is 1.00 bits per heavy atom. The Hall–Kier alpha value is -2.93. The Balaban J connectivity index is 1.37. The van der Waals surface area contributed by atoms with E-state index in [9.17, 15) is 4.79 Å². The maximum Gasteiger partial charge on any atom is 0.322 e. The van der Waals surface area contributed by atoms with Gasteiger partial charge in [-0.3, -0.25) is 5.32 Å². The second kappa shape index (κ2) is 7.75. The first kappa shape index (κ1) is 17.5. The number of carbonyl (C=O) groups excluding carboxylic acids is 1. The molecule has 0 aliphatic carbocycles. The van der Waals surface area contributed by atoms with E-state index in [-0.39, 0.29) is 6.03 Å². The van der Waals surface area contributed by atoms with E-state index in [1.807, 2.05) is 46.7 Å². The van der Waals surface area contributed by atoms with Gasteiger partial charge in [0.25, 0.3) is 0 Å². The summed E-state index contributed by atoms with van der Waals surface area (Å²) in [5.41, 5.74) is 3.17. The SMILES string of the molecule is Cc1ccccc1-c1ccc(N2CCN(C(=O)Nc3cccs3)CC2)nn1. The first-order chi connectivity index (χ1) is 13.2. The van der Waals surface area contributed by atoms with Gasteiger partial charge in [0.15, 0.2) is 5.82 Å². The molecular formula is C20H21N5OS. The molecule has 1 fully saturated rings. The second-order valence-electron chi connectivity index (χ2n) is 6.47. The quantitative estimate of drug-likeness (QED) is 0.750. The zero-order valence-electron chi connectivity index (χ0n) is 15.1. The smallest absolute Gasteiger partial charge is 0.322 e. The average Bonchev–Trinajstić information content (AvgIpc) is 3.22. The van der Waals surface area contributed by atoms with E-state index >= 15 is 0 Å². The lowest BCUT2D eigenvalue weighted by Crippen LogP contribution is -2.50. The monoisotopic (exact) mass is 379 g/mol. The van der Waals surface area contributed by atoms with Gasteiger partial charge in [0.2, 0.25) is 0 Å². The Kier molecular flexibility index (Phi) is 5.02. The van der Waals surface area contributed by atoms with Crippen LogP contribution in [-0.4, -0.2) is 47.3 Å². The molecule has 6 nitrogen and oxygen atoms in total. The molecule has 0 atom stereocenters. The van der Waals surface area contributed by atoms with Crippen molar-refractivity contribution in [3.05, 3.63) is 59.5 Å². The van der Waals surface area contributed by atoms with E-state index in [0.29, 0.717) is 13.1 Å². The molecule has 1 aromatic carbocycles. The lowest BCUT2D eigenvalue weighted by atomic mass is 10.1. The highest BCUT2D eigenvalue weighted by Gasteiger charge is 2.22. The molecule has 0 unspecified atom stereocenters. The topological polar surface area (TPSA) is 61.4 Å². The van der Waals surface area contributed by atoms with Gasteiger partial charge in [-0.15, -0.1) is 21.5 Å². The third kappa shape index (κ3) is 3.93. The first-order valence-electron chi connectivity index (χ1n) is 8.95. The van der Waals surface area contributed by atoms with Crippen LogP contribution in [0.2, 0.25) is 0 Å².